The predicted molar refractivity (Wildman–Crippen MR) is 114 cm³/mol. The molecule has 0 bridgehead atoms. The van der Waals surface area contributed by atoms with Crippen LogP contribution in [-0.4, -0.2) is 45.2 Å². The van der Waals surface area contributed by atoms with Gasteiger partial charge in [-0.2, -0.15) is 0 Å². The maximum Gasteiger partial charge on any atom is 0.338 e. The number of hydrogen-bond acceptors (Lipinski definition) is 6. The second kappa shape index (κ2) is 9.97. The number of anilines is 1. The molecule has 0 radical (unpaired) electrons. The molecule has 0 saturated carbocycles. The van der Waals surface area contributed by atoms with Gasteiger partial charge >= 0.3 is 5.97 Å². The van der Waals surface area contributed by atoms with Gasteiger partial charge in [0.15, 0.2) is 6.61 Å². The summed E-state index contributed by atoms with van der Waals surface area (Å²) in [5.41, 5.74) is 1.80. The van der Waals surface area contributed by atoms with Crippen LogP contribution in [0.5, 0.6) is 11.5 Å². The highest BCUT2D eigenvalue weighted by Crippen LogP contribution is 2.29. The summed E-state index contributed by atoms with van der Waals surface area (Å²) in [6.07, 6.45) is 1.37. The second-order valence-electron chi connectivity index (χ2n) is 7.17. The van der Waals surface area contributed by atoms with E-state index in [1.807, 2.05) is 0 Å². The summed E-state index contributed by atoms with van der Waals surface area (Å²) in [6.45, 7) is 2.07. The summed E-state index contributed by atoms with van der Waals surface area (Å²) in [7, 11) is 3.11. The van der Waals surface area contributed by atoms with Crippen molar-refractivity contribution in [2.45, 2.75) is 25.8 Å². The molecule has 3 rings (SSSR count). The molecule has 1 fully saturated rings. The molecule has 1 unspecified atom stereocenters. The first-order chi connectivity index (χ1) is 14.9. The number of benzene rings is 2. The summed E-state index contributed by atoms with van der Waals surface area (Å²) < 4.78 is 15.7. The van der Waals surface area contributed by atoms with Crippen LogP contribution >= 0.6 is 0 Å². The van der Waals surface area contributed by atoms with E-state index in [1.165, 1.54) is 0 Å². The number of methoxy groups -OCH3 is 2. The minimum Gasteiger partial charge on any atom is -0.497 e. The Hall–Kier alpha value is -3.55. The van der Waals surface area contributed by atoms with E-state index in [2.05, 4.69) is 5.32 Å². The zero-order valence-corrected chi connectivity index (χ0v) is 17.8. The van der Waals surface area contributed by atoms with Crippen molar-refractivity contribution in [2.24, 2.45) is 0 Å². The van der Waals surface area contributed by atoms with Gasteiger partial charge in [-0.15, -0.1) is 0 Å². The summed E-state index contributed by atoms with van der Waals surface area (Å²) in [5.74, 6) is 0.282. The van der Waals surface area contributed by atoms with Gasteiger partial charge in [-0.3, -0.25) is 9.59 Å². The first-order valence-corrected chi connectivity index (χ1v) is 10.0. The molecule has 31 heavy (non-hydrogen) atoms. The third-order valence-corrected chi connectivity index (χ3v) is 5.10. The maximum absolute atomic E-state index is 12.3. The summed E-state index contributed by atoms with van der Waals surface area (Å²) in [4.78, 5) is 38.0. The lowest BCUT2D eigenvalue weighted by atomic mass is 10.1. The van der Waals surface area contributed by atoms with Crippen LogP contribution in [0, 0.1) is 0 Å². The van der Waals surface area contributed by atoms with Crippen molar-refractivity contribution in [1.29, 1.82) is 0 Å². The number of hydrogen-bond donors (Lipinski definition) is 1. The van der Waals surface area contributed by atoms with E-state index < -0.39 is 18.5 Å². The van der Waals surface area contributed by atoms with Crippen molar-refractivity contribution < 1.29 is 28.6 Å². The van der Waals surface area contributed by atoms with Crippen LogP contribution in [-0.2, 0) is 14.3 Å². The van der Waals surface area contributed by atoms with Crippen LogP contribution < -0.4 is 19.7 Å². The Morgan fingerprint density at radius 2 is 1.84 bits per heavy atom. The van der Waals surface area contributed by atoms with E-state index in [-0.39, 0.29) is 11.9 Å². The largest absolute Gasteiger partial charge is 0.497 e. The number of carbonyl (C=O) groups is 3. The maximum atomic E-state index is 12.3. The van der Waals surface area contributed by atoms with Crippen LogP contribution in [0.25, 0.3) is 0 Å². The number of rotatable bonds is 8. The van der Waals surface area contributed by atoms with Gasteiger partial charge in [0.25, 0.3) is 5.91 Å². The average Bonchev–Trinajstić information content (AvgIpc) is 3.22. The smallest absolute Gasteiger partial charge is 0.338 e. The molecule has 1 atom stereocenters. The van der Waals surface area contributed by atoms with Crippen LogP contribution in [0.2, 0.25) is 0 Å². The Balaban J connectivity index is 1.54. The van der Waals surface area contributed by atoms with Gasteiger partial charge in [0, 0.05) is 24.2 Å². The van der Waals surface area contributed by atoms with E-state index in [9.17, 15) is 14.4 Å². The van der Waals surface area contributed by atoms with Gasteiger partial charge in [0.05, 0.1) is 25.8 Å². The van der Waals surface area contributed by atoms with Gasteiger partial charge < -0.3 is 24.4 Å². The molecule has 164 valence electrons. The molecule has 1 heterocycles. The van der Waals surface area contributed by atoms with E-state index in [0.29, 0.717) is 30.0 Å². The molecule has 2 aromatic carbocycles. The zero-order valence-electron chi connectivity index (χ0n) is 17.8. The normalized spacial score (nSPS) is 14.2. The molecule has 8 nitrogen and oxygen atoms in total. The van der Waals surface area contributed by atoms with E-state index in [0.717, 1.165) is 17.7 Å². The molecule has 1 aliphatic heterocycles. The Kier molecular flexibility index (Phi) is 7.12. The molecular weight excluding hydrogens is 400 g/mol. The van der Waals surface area contributed by atoms with Gasteiger partial charge in [-0.25, -0.2) is 4.79 Å². The van der Waals surface area contributed by atoms with Crippen LogP contribution in [0.15, 0.2) is 42.5 Å². The van der Waals surface area contributed by atoms with E-state index in [4.69, 9.17) is 14.2 Å². The minimum atomic E-state index is -0.610. The van der Waals surface area contributed by atoms with Gasteiger partial charge in [0.2, 0.25) is 5.91 Å². The number of carbonyl (C=O) groups excluding carboxylic acids is 3. The van der Waals surface area contributed by atoms with Gasteiger partial charge in [0.1, 0.15) is 11.5 Å². The summed E-state index contributed by atoms with van der Waals surface area (Å²) in [6, 6.07) is 11.5. The van der Waals surface area contributed by atoms with Crippen LogP contribution in [0.4, 0.5) is 5.69 Å². The van der Waals surface area contributed by atoms with Crippen molar-refractivity contribution in [3.8, 4) is 11.5 Å². The lowest BCUT2D eigenvalue weighted by molar-refractivity contribution is -0.124. The standard InChI is InChI=1S/C23H26N2O6/c1-15(19-13-18(29-2)10-11-20(19)30-3)24-21(26)14-31-23(28)16-6-8-17(9-7-16)25-12-4-5-22(25)27/h6-11,13,15H,4-5,12,14H2,1-3H3,(H,24,26). The fourth-order valence-electron chi connectivity index (χ4n) is 3.45. The number of esters is 1. The minimum absolute atomic E-state index is 0.0776. The van der Waals surface area contributed by atoms with Crippen LogP contribution in [0.1, 0.15) is 41.7 Å². The average molecular weight is 426 g/mol. The first kappa shape index (κ1) is 22.1. The molecule has 1 saturated heterocycles. The Morgan fingerprint density at radius 3 is 2.45 bits per heavy atom. The molecular formula is C23H26N2O6. The van der Waals surface area contributed by atoms with E-state index >= 15 is 0 Å². The number of nitrogens with one attached hydrogen (secondary N) is 1. The van der Waals surface area contributed by atoms with Gasteiger partial charge in [-0.05, 0) is 55.8 Å². The van der Waals surface area contributed by atoms with Crippen molar-refractivity contribution in [3.63, 3.8) is 0 Å². The van der Waals surface area contributed by atoms with Crippen molar-refractivity contribution in [1.82, 2.24) is 5.32 Å². The van der Waals surface area contributed by atoms with Crippen molar-refractivity contribution in [2.75, 3.05) is 32.3 Å². The monoisotopic (exact) mass is 426 g/mol. The van der Waals surface area contributed by atoms with E-state index in [1.54, 1.807) is 68.5 Å². The van der Waals surface area contributed by atoms with Crippen molar-refractivity contribution in [3.05, 3.63) is 53.6 Å². The summed E-state index contributed by atoms with van der Waals surface area (Å²) in [5, 5.41) is 2.78. The molecule has 1 N–H and O–H groups in total. The number of nitrogens with zero attached hydrogens (tertiary/aromatic N) is 1. The first-order valence-electron chi connectivity index (χ1n) is 10.0. The fourth-order valence-corrected chi connectivity index (χ4v) is 3.45. The molecule has 0 aromatic heterocycles. The van der Waals surface area contributed by atoms with Crippen molar-refractivity contribution >= 4 is 23.5 Å². The quantitative estimate of drug-likeness (QED) is 0.653. The highest BCUT2D eigenvalue weighted by molar-refractivity contribution is 5.96. The molecule has 8 heteroatoms. The lowest BCUT2D eigenvalue weighted by Crippen LogP contribution is -2.31. The van der Waals surface area contributed by atoms with Gasteiger partial charge in [-0.1, -0.05) is 0 Å². The Labute approximate surface area is 181 Å². The Morgan fingerprint density at radius 1 is 1.10 bits per heavy atom. The predicted octanol–water partition coefficient (Wildman–Crippen LogP) is 2.86. The zero-order chi connectivity index (χ0) is 22.4. The molecule has 2 amide bonds. The third-order valence-electron chi connectivity index (χ3n) is 5.10. The molecule has 2 aromatic rings. The third kappa shape index (κ3) is 5.33. The lowest BCUT2D eigenvalue weighted by Gasteiger charge is -2.18. The van der Waals surface area contributed by atoms with Crippen LogP contribution in [0.3, 0.4) is 0 Å². The number of ether oxygens (including phenoxy) is 3. The highest BCUT2D eigenvalue weighted by Gasteiger charge is 2.22. The SMILES string of the molecule is COc1ccc(OC)c(C(C)NC(=O)COC(=O)c2ccc(N3CCCC3=O)cc2)c1. The molecule has 0 spiro atoms. The number of amides is 2. The fraction of sp³-hybridized carbons (Fsp3) is 0.348. The molecule has 0 aliphatic carbocycles. The highest BCUT2D eigenvalue weighted by atomic mass is 16.5. The topological polar surface area (TPSA) is 94.2 Å². The second-order valence-corrected chi connectivity index (χ2v) is 7.17. The molecule has 1 aliphatic rings. The Bertz CT molecular complexity index is 957. The summed E-state index contributed by atoms with van der Waals surface area (Å²) >= 11 is 0.